The molecule has 0 N–H and O–H groups in total. The summed E-state index contributed by atoms with van der Waals surface area (Å²) in [5.41, 5.74) is 2.02. The van der Waals surface area contributed by atoms with Crippen molar-refractivity contribution < 1.29 is 0 Å². The highest BCUT2D eigenvalue weighted by molar-refractivity contribution is 5.14. The Balaban J connectivity index is 2.92. The fourth-order valence-electron chi connectivity index (χ4n) is 3.84. The van der Waals surface area contributed by atoms with E-state index in [9.17, 15) is 0 Å². The van der Waals surface area contributed by atoms with Gasteiger partial charge in [-0.2, -0.15) is 0 Å². The van der Waals surface area contributed by atoms with Crippen LogP contribution in [0.5, 0.6) is 0 Å². The monoisotopic (exact) mass is 236 g/mol. The Kier molecular flexibility index (Phi) is 4.86. The van der Waals surface area contributed by atoms with Crippen molar-refractivity contribution in [2.75, 3.05) is 0 Å². The Labute approximate surface area is 109 Å². The normalized spacial score (nSPS) is 36.8. The Bertz CT molecular complexity index is 265. The quantitative estimate of drug-likeness (QED) is 0.538. The number of rotatable bonds is 5. The summed E-state index contributed by atoms with van der Waals surface area (Å²) in [6, 6.07) is 0. The minimum atomic E-state index is 0.495. The molecule has 1 aliphatic rings. The first-order chi connectivity index (χ1) is 7.86. The molecule has 1 fully saturated rings. The molecule has 1 saturated carbocycles. The van der Waals surface area contributed by atoms with E-state index in [1.807, 2.05) is 0 Å². The molecule has 0 nitrogen and oxygen atoms in total. The molecule has 0 heterocycles. The summed E-state index contributed by atoms with van der Waals surface area (Å²) < 4.78 is 0. The van der Waals surface area contributed by atoms with Gasteiger partial charge < -0.3 is 0 Å². The molecule has 17 heavy (non-hydrogen) atoms. The largest absolute Gasteiger partial charge is 0.0993 e. The summed E-state index contributed by atoms with van der Waals surface area (Å²) in [5.74, 6) is 3.13. The zero-order valence-corrected chi connectivity index (χ0v) is 12.8. The van der Waals surface area contributed by atoms with Gasteiger partial charge in [0.15, 0.2) is 0 Å². The molecule has 0 aromatic carbocycles. The highest BCUT2D eigenvalue weighted by Gasteiger charge is 2.46. The van der Waals surface area contributed by atoms with Crippen LogP contribution in [-0.2, 0) is 0 Å². The lowest BCUT2D eigenvalue weighted by molar-refractivity contribution is 0.144. The predicted molar refractivity (Wildman–Crippen MR) is 78.0 cm³/mol. The molecule has 1 rings (SSSR count). The molecule has 0 aliphatic heterocycles. The summed E-state index contributed by atoms with van der Waals surface area (Å²) in [7, 11) is 0. The summed E-state index contributed by atoms with van der Waals surface area (Å²) in [5, 5.41) is 0. The average molecular weight is 236 g/mol. The Morgan fingerprint density at radius 3 is 2.35 bits per heavy atom. The van der Waals surface area contributed by atoms with Crippen LogP contribution in [0.3, 0.4) is 0 Å². The van der Waals surface area contributed by atoms with Crippen molar-refractivity contribution in [1.82, 2.24) is 0 Å². The van der Waals surface area contributed by atoms with E-state index in [1.165, 1.54) is 31.3 Å². The van der Waals surface area contributed by atoms with E-state index in [0.29, 0.717) is 11.3 Å². The van der Waals surface area contributed by atoms with Crippen molar-refractivity contribution in [1.29, 1.82) is 0 Å². The van der Waals surface area contributed by atoms with Gasteiger partial charge in [0.1, 0.15) is 0 Å². The van der Waals surface area contributed by atoms with Crippen LogP contribution in [0.2, 0.25) is 0 Å². The zero-order valence-electron chi connectivity index (χ0n) is 12.8. The zero-order chi connectivity index (χ0) is 13.2. The smallest absolute Gasteiger partial charge is 0.0144 e. The van der Waals surface area contributed by atoms with Gasteiger partial charge in [-0.25, -0.2) is 0 Å². The average Bonchev–Trinajstić information content (AvgIpc) is 2.62. The third kappa shape index (κ3) is 2.77. The van der Waals surface area contributed by atoms with E-state index >= 15 is 0 Å². The number of hydrogen-bond acceptors (Lipinski definition) is 0. The van der Waals surface area contributed by atoms with Crippen molar-refractivity contribution in [2.24, 2.45) is 29.1 Å². The number of allylic oxidation sites excluding steroid dienone is 1. The minimum Gasteiger partial charge on any atom is -0.0993 e. The van der Waals surface area contributed by atoms with Gasteiger partial charge in [0.05, 0.1) is 0 Å². The molecule has 1 aliphatic carbocycles. The van der Waals surface area contributed by atoms with E-state index in [-0.39, 0.29) is 0 Å². The molecule has 0 amide bonds. The fourth-order valence-corrected chi connectivity index (χ4v) is 3.84. The van der Waals surface area contributed by atoms with Gasteiger partial charge in [0.25, 0.3) is 0 Å². The van der Waals surface area contributed by atoms with Gasteiger partial charge in [-0.15, -0.1) is 0 Å². The lowest BCUT2D eigenvalue weighted by Crippen LogP contribution is -2.31. The summed E-state index contributed by atoms with van der Waals surface area (Å²) in [6.07, 6.45) is 5.29. The van der Waals surface area contributed by atoms with E-state index in [4.69, 9.17) is 0 Å². The standard InChI is InChI=1S/C17H32/c1-8-13(4)15(6)16-10-12(3)11-17(16,7)14(5)9-2/h12-14,16H,6,8-11H2,1-5,7H3. The van der Waals surface area contributed by atoms with Gasteiger partial charge in [-0.05, 0) is 48.3 Å². The third-order valence-electron chi connectivity index (χ3n) is 5.65. The first-order valence-corrected chi connectivity index (χ1v) is 7.55. The second-order valence-corrected chi connectivity index (χ2v) is 6.80. The molecule has 0 aromatic rings. The summed E-state index contributed by atoms with van der Waals surface area (Å²) >= 11 is 0. The summed E-state index contributed by atoms with van der Waals surface area (Å²) in [6.45, 7) is 18.8. The lowest BCUT2D eigenvalue weighted by Gasteiger charge is -2.40. The lowest BCUT2D eigenvalue weighted by atomic mass is 9.65. The third-order valence-corrected chi connectivity index (χ3v) is 5.65. The van der Waals surface area contributed by atoms with Crippen molar-refractivity contribution >= 4 is 0 Å². The van der Waals surface area contributed by atoms with Crippen molar-refractivity contribution in [3.63, 3.8) is 0 Å². The van der Waals surface area contributed by atoms with E-state index < -0.39 is 0 Å². The second-order valence-electron chi connectivity index (χ2n) is 6.80. The number of hydrogen-bond donors (Lipinski definition) is 0. The van der Waals surface area contributed by atoms with E-state index in [2.05, 4.69) is 48.1 Å². The molecule has 0 bridgehead atoms. The van der Waals surface area contributed by atoms with Crippen molar-refractivity contribution in [3.05, 3.63) is 12.2 Å². The molecule has 5 unspecified atom stereocenters. The Morgan fingerprint density at radius 1 is 1.29 bits per heavy atom. The Hall–Kier alpha value is -0.260. The topological polar surface area (TPSA) is 0 Å². The molecular weight excluding hydrogens is 204 g/mol. The Morgan fingerprint density at radius 2 is 1.88 bits per heavy atom. The molecule has 0 spiro atoms. The van der Waals surface area contributed by atoms with Crippen LogP contribution in [0.15, 0.2) is 12.2 Å². The molecule has 0 radical (unpaired) electrons. The van der Waals surface area contributed by atoms with Crippen LogP contribution >= 0.6 is 0 Å². The van der Waals surface area contributed by atoms with Gasteiger partial charge in [-0.3, -0.25) is 0 Å². The fraction of sp³-hybridized carbons (Fsp3) is 0.882. The molecular formula is C17H32. The van der Waals surface area contributed by atoms with Crippen molar-refractivity contribution in [2.45, 2.75) is 67.2 Å². The second kappa shape index (κ2) is 5.59. The molecule has 5 atom stereocenters. The molecule has 100 valence electrons. The maximum absolute atomic E-state index is 4.45. The SMILES string of the molecule is C=C(C(C)CC)C1CC(C)CC1(C)C(C)CC. The molecule has 0 heteroatoms. The van der Waals surface area contributed by atoms with Crippen LogP contribution in [0.4, 0.5) is 0 Å². The maximum Gasteiger partial charge on any atom is -0.0144 e. The first-order valence-electron chi connectivity index (χ1n) is 7.55. The molecule has 0 aromatic heterocycles. The van der Waals surface area contributed by atoms with Crippen LogP contribution in [0, 0.1) is 29.1 Å². The van der Waals surface area contributed by atoms with Crippen LogP contribution in [-0.4, -0.2) is 0 Å². The van der Waals surface area contributed by atoms with E-state index in [0.717, 1.165) is 17.8 Å². The van der Waals surface area contributed by atoms with Gasteiger partial charge >= 0.3 is 0 Å². The van der Waals surface area contributed by atoms with Gasteiger partial charge in [-0.1, -0.05) is 60.1 Å². The maximum atomic E-state index is 4.45. The van der Waals surface area contributed by atoms with Gasteiger partial charge in [0, 0.05) is 0 Å². The first kappa shape index (κ1) is 14.8. The van der Waals surface area contributed by atoms with Crippen LogP contribution in [0.25, 0.3) is 0 Å². The van der Waals surface area contributed by atoms with E-state index in [1.54, 1.807) is 0 Å². The minimum absolute atomic E-state index is 0.495. The van der Waals surface area contributed by atoms with Gasteiger partial charge in [0.2, 0.25) is 0 Å². The highest BCUT2D eigenvalue weighted by atomic mass is 14.5. The predicted octanol–water partition coefficient (Wildman–Crippen LogP) is 5.69. The highest BCUT2D eigenvalue weighted by Crippen LogP contribution is 2.55. The van der Waals surface area contributed by atoms with Crippen LogP contribution in [0.1, 0.15) is 67.2 Å². The molecule has 0 saturated heterocycles. The van der Waals surface area contributed by atoms with Crippen LogP contribution < -0.4 is 0 Å². The summed E-state index contributed by atoms with van der Waals surface area (Å²) in [4.78, 5) is 0. The van der Waals surface area contributed by atoms with Crippen molar-refractivity contribution in [3.8, 4) is 0 Å².